The van der Waals surface area contributed by atoms with Crippen LogP contribution in [0.3, 0.4) is 0 Å². The van der Waals surface area contributed by atoms with Crippen LogP contribution < -0.4 is 5.73 Å². The van der Waals surface area contributed by atoms with Crippen molar-refractivity contribution in [2.24, 2.45) is 11.7 Å². The highest BCUT2D eigenvalue weighted by Gasteiger charge is 1.98. The van der Waals surface area contributed by atoms with Crippen molar-refractivity contribution in [3.8, 4) is 11.8 Å². The van der Waals surface area contributed by atoms with E-state index in [-0.39, 0.29) is 5.91 Å². The Morgan fingerprint density at radius 2 is 2.38 bits per heavy atom. The molecule has 2 N–H and O–H groups in total. The molecule has 1 aromatic rings. The lowest BCUT2D eigenvalue weighted by Crippen LogP contribution is -2.11. The van der Waals surface area contributed by atoms with E-state index < -0.39 is 0 Å². The topological polar surface area (TPSA) is 60.9 Å². The van der Waals surface area contributed by atoms with Gasteiger partial charge in [0.15, 0.2) is 0 Å². The van der Waals surface area contributed by atoms with E-state index in [1.54, 1.807) is 10.9 Å². The fourth-order valence-electron chi connectivity index (χ4n) is 1.19. The van der Waals surface area contributed by atoms with E-state index >= 15 is 0 Å². The second kappa shape index (κ2) is 5.96. The number of aromatic nitrogens is 2. The molecule has 1 rings (SSSR count). The Morgan fingerprint density at radius 1 is 1.62 bits per heavy atom. The zero-order valence-corrected chi connectivity index (χ0v) is 9.73. The molecule has 86 valence electrons. The highest BCUT2D eigenvalue weighted by atomic mass is 16.1. The number of carbonyl (C=O) groups is 1. The van der Waals surface area contributed by atoms with E-state index in [0.717, 1.165) is 5.56 Å². The van der Waals surface area contributed by atoms with Crippen LogP contribution in [0.2, 0.25) is 0 Å². The van der Waals surface area contributed by atoms with Crippen molar-refractivity contribution >= 4 is 5.91 Å². The SMILES string of the molecule is CC(C)C#Cc1cnn(CCCC(N)=O)c1. The molecule has 0 aliphatic rings. The first-order valence-corrected chi connectivity index (χ1v) is 5.40. The predicted octanol–water partition coefficient (Wildman–Crippen LogP) is 1.16. The summed E-state index contributed by atoms with van der Waals surface area (Å²) in [6.45, 7) is 4.79. The molecule has 0 atom stereocenters. The van der Waals surface area contributed by atoms with Gasteiger partial charge in [-0.05, 0) is 6.42 Å². The molecule has 0 bridgehead atoms. The first kappa shape index (κ1) is 12.3. The van der Waals surface area contributed by atoms with Crippen molar-refractivity contribution in [2.75, 3.05) is 0 Å². The molecule has 0 fully saturated rings. The van der Waals surface area contributed by atoms with Crippen molar-refractivity contribution in [2.45, 2.75) is 33.2 Å². The molecule has 1 aromatic heterocycles. The minimum absolute atomic E-state index is 0.271. The van der Waals surface area contributed by atoms with Crippen LogP contribution in [0.1, 0.15) is 32.3 Å². The molecule has 0 saturated carbocycles. The largest absolute Gasteiger partial charge is 0.370 e. The van der Waals surface area contributed by atoms with Gasteiger partial charge in [-0.1, -0.05) is 25.7 Å². The molecular formula is C12H17N3O. The zero-order valence-electron chi connectivity index (χ0n) is 9.73. The molecule has 0 aromatic carbocycles. The van der Waals surface area contributed by atoms with Gasteiger partial charge < -0.3 is 5.73 Å². The van der Waals surface area contributed by atoms with Gasteiger partial charge in [0.2, 0.25) is 5.91 Å². The van der Waals surface area contributed by atoms with Crippen LogP contribution in [0.5, 0.6) is 0 Å². The summed E-state index contributed by atoms with van der Waals surface area (Å²) in [6, 6.07) is 0. The van der Waals surface area contributed by atoms with E-state index in [4.69, 9.17) is 5.73 Å². The molecule has 4 nitrogen and oxygen atoms in total. The van der Waals surface area contributed by atoms with E-state index in [1.807, 2.05) is 20.0 Å². The maximum absolute atomic E-state index is 10.5. The third kappa shape index (κ3) is 4.65. The van der Waals surface area contributed by atoms with E-state index in [0.29, 0.717) is 25.3 Å². The monoisotopic (exact) mass is 219 g/mol. The molecule has 1 amide bonds. The summed E-state index contributed by atoms with van der Waals surface area (Å²) in [6.07, 6.45) is 4.73. The Morgan fingerprint density at radius 3 is 3.00 bits per heavy atom. The van der Waals surface area contributed by atoms with Crippen LogP contribution in [-0.4, -0.2) is 15.7 Å². The summed E-state index contributed by atoms with van der Waals surface area (Å²) in [5, 5.41) is 4.15. The van der Waals surface area contributed by atoms with Crippen LogP contribution in [0.4, 0.5) is 0 Å². The van der Waals surface area contributed by atoms with Crippen molar-refractivity contribution in [3.05, 3.63) is 18.0 Å². The number of rotatable bonds is 4. The van der Waals surface area contributed by atoms with Crippen molar-refractivity contribution in [1.82, 2.24) is 9.78 Å². The second-order valence-electron chi connectivity index (χ2n) is 3.99. The maximum Gasteiger partial charge on any atom is 0.217 e. The third-order valence-corrected chi connectivity index (χ3v) is 1.95. The minimum atomic E-state index is -0.271. The number of nitrogens with two attached hydrogens (primary N) is 1. The summed E-state index contributed by atoms with van der Waals surface area (Å²) >= 11 is 0. The van der Waals surface area contributed by atoms with Gasteiger partial charge in [-0.2, -0.15) is 5.10 Å². The summed E-state index contributed by atoms with van der Waals surface area (Å²) in [5.74, 6) is 6.20. The van der Waals surface area contributed by atoms with Crippen LogP contribution in [0.25, 0.3) is 0 Å². The van der Waals surface area contributed by atoms with Gasteiger partial charge >= 0.3 is 0 Å². The summed E-state index contributed by atoms with van der Waals surface area (Å²) < 4.78 is 1.78. The molecular weight excluding hydrogens is 202 g/mol. The zero-order chi connectivity index (χ0) is 12.0. The van der Waals surface area contributed by atoms with Crippen LogP contribution in [0.15, 0.2) is 12.4 Å². The van der Waals surface area contributed by atoms with Crippen LogP contribution in [-0.2, 0) is 11.3 Å². The van der Waals surface area contributed by atoms with Gasteiger partial charge in [-0.15, -0.1) is 0 Å². The Balaban J connectivity index is 2.46. The highest BCUT2D eigenvalue weighted by molar-refractivity contribution is 5.73. The highest BCUT2D eigenvalue weighted by Crippen LogP contribution is 1.99. The number of carbonyl (C=O) groups excluding carboxylic acids is 1. The number of primary amides is 1. The van der Waals surface area contributed by atoms with E-state index in [2.05, 4.69) is 16.9 Å². The van der Waals surface area contributed by atoms with E-state index in [9.17, 15) is 4.79 Å². The quantitative estimate of drug-likeness (QED) is 0.772. The number of aryl methyl sites for hydroxylation is 1. The number of hydrogen-bond donors (Lipinski definition) is 1. The molecule has 0 radical (unpaired) electrons. The van der Waals surface area contributed by atoms with Gasteiger partial charge in [0, 0.05) is 25.1 Å². The van der Waals surface area contributed by atoms with Gasteiger partial charge in [0.05, 0.1) is 11.8 Å². The average Bonchev–Trinajstić information content (AvgIpc) is 2.62. The van der Waals surface area contributed by atoms with Gasteiger partial charge in [-0.3, -0.25) is 9.48 Å². The van der Waals surface area contributed by atoms with Gasteiger partial charge in [0.1, 0.15) is 0 Å². The Hall–Kier alpha value is -1.76. The Labute approximate surface area is 95.8 Å². The normalized spacial score (nSPS) is 9.94. The Bertz CT molecular complexity index is 409. The smallest absolute Gasteiger partial charge is 0.217 e. The average molecular weight is 219 g/mol. The molecule has 1 heterocycles. The molecule has 0 aliphatic carbocycles. The number of hydrogen-bond acceptors (Lipinski definition) is 2. The molecule has 4 heteroatoms. The maximum atomic E-state index is 10.5. The summed E-state index contributed by atoms with van der Waals surface area (Å²) in [7, 11) is 0. The van der Waals surface area contributed by atoms with Gasteiger partial charge in [-0.25, -0.2) is 0 Å². The Kier molecular flexibility index (Phi) is 4.59. The first-order valence-electron chi connectivity index (χ1n) is 5.40. The summed E-state index contributed by atoms with van der Waals surface area (Å²) in [5.41, 5.74) is 5.96. The molecule has 0 spiro atoms. The molecule has 16 heavy (non-hydrogen) atoms. The van der Waals surface area contributed by atoms with Crippen LogP contribution in [0, 0.1) is 17.8 Å². The number of amides is 1. The fraction of sp³-hybridized carbons (Fsp3) is 0.500. The molecule has 0 aliphatic heterocycles. The van der Waals surface area contributed by atoms with E-state index in [1.165, 1.54) is 0 Å². The number of nitrogens with zero attached hydrogens (tertiary/aromatic N) is 2. The lowest BCUT2D eigenvalue weighted by Gasteiger charge is -1.97. The van der Waals surface area contributed by atoms with Crippen molar-refractivity contribution in [3.63, 3.8) is 0 Å². The lowest BCUT2D eigenvalue weighted by atomic mass is 10.2. The summed E-state index contributed by atoms with van der Waals surface area (Å²) in [4.78, 5) is 10.5. The molecule has 0 saturated heterocycles. The van der Waals surface area contributed by atoms with Crippen LogP contribution >= 0.6 is 0 Å². The van der Waals surface area contributed by atoms with Crippen molar-refractivity contribution in [1.29, 1.82) is 0 Å². The van der Waals surface area contributed by atoms with Crippen molar-refractivity contribution < 1.29 is 4.79 Å². The first-order chi connectivity index (χ1) is 7.58. The second-order valence-corrected chi connectivity index (χ2v) is 3.99. The molecule has 0 unspecified atom stereocenters. The standard InChI is InChI=1S/C12H17N3O/c1-10(2)5-6-11-8-14-15(9-11)7-3-4-12(13)16/h8-10H,3-4,7H2,1-2H3,(H2,13,16). The third-order valence-electron chi connectivity index (χ3n) is 1.95. The lowest BCUT2D eigenvalue weighted by molar-refractivity contribution is -0.118. The predicted molar refractivity (Wildman–Crippen MR) is 62.4 cm³/mol. The minimum Gasteiger partial charge on any atom is -0.370 e. The fourth-order valence-corrected chi connectivity index (χ4v) is 1.19. The van der Waals surface area contributed by atoms with Gasteiger partial charge in [0.25, 0.3) is 0 Å².